The molecule has 5 rings (SSSR count). The molecular formula is C26H24Cl2OZr. The fraction of sp³-hybridized carbons (Fsp3) is 0.192. The van der Waals surface area contributed by atoms with E-state index in [1.54, 1.807) is 21.6 Å². The normalized spacial score (nSPS) is 15.6. The molecule has 2 aliphatic rings. The Morgan fingerprint density at radius 1 is 0.933 bits per heavy atom. The van der Waals surface area contributed by atoms with E-state index in [-0.39, 0.29) is 24.8 Å². The van der Waals surface area contributed by atoms with Crippen LogP contribution >= 0.6 is 0 Å². The van der Waals surface area contributed by atoms with Crippen LogP contribution in [0.3, 0.4) is 0 Å². The first-order valence-corrected chi connectivity index (χ1v) is 13.7. The number of fused-ring (bicyclic) bond motifs is 3. The molecule has 1 aromatic heterocycles. The Morgan fingerprint density at radius 2 is 1.70 bits per heavy atom. The van der Waals surface area contributed by atoms with Crippen molar-refractivity contribution in [1.29, 1.82) is 0 Å². The first kappa shape index (κ1) is 23.2. The SMILES string of the molecule is C[C](C)=[Zr+2]([C]1=CC(c2ccco2)=CC1C)[c]1cccc2c1Cc1ccccc1-2.[Cl-].[Cl-]. The third-order valence-corrected chi connectivity index (χ3v) is 13.8. The second kappa shape index (κ2) is 9.35. The van der Waals surface area contributed by atoms with Gasteiger partial charge in [0.1, 0.15) is 0 Å². The van der Waals surface area contributed by atoms with Crippen LogP contribution in [-0.4, -0.2) is 3.21 Å². The molecule has 3 aromatic rings. The maximum atomic E-state index is 5.68. The molecule has 0 amide bonds. The van der Waals surface area contributed by atoms with E-state index in [1.807, 2.05) is 6.07 Å². The molecule has 1 unspecified atom stereocenters. The van der Waals surface area contributed by atoms with Crippen LogP contribution in [0.5, 0.6) is 0 Å². The van der Waals surface area contributed by atoms with E-state index in [9.17, 15) is 0 Å². The number of benzene rings is 2. The smallest absolute Gasteiger partial charge is 1.00 e. The van der Waals surface area contributed by atoms with Crippen LogP contribution in [0.25, 0.3) is 16.7 Å². The average molecular weight is 515 g/mol. The summed E-state index contributed by atoms with van der Waals surface area (Å²) in [4.78, 5) is 0. The Hall–Kier alpha value is -1.47. The molecule has 1 nitrogen and oxygen atoms in total. The van der Waals surface area contributed by atoms with Crippen molar-refractivity contribution in [2.75, 3.05) is 0 Å². The van der Waals surface area contributed by atoms with Gasteiger partial charge < -0.3 is 24.8 Å². The summed E-state index contributed by atoms with van der Waals surface area (Å²) in [5, 5.41) is 0. The molecule has 30 heavy (non-hydrogen) atoms. The van der Waals surface area contributed by atoms with Gasteiger partial charge in [0.05, 0.1) is 0 Å². The number of allylic oxidation sites excluding steroid dienone is 4. The van der Waals surface area contributed by atoms with Crippen LogP contribution in [0.15, 0.2) is 80.7 Å². The second-order valence-electron chi connectivity index (χ2n) is 8.03. The molecule has 0 aliphatic heterocycles. The average Bonchev–Trinajstić information content (AvgIpc) is 3.41. The summed E-state index contributed by atoms with van der Waals surface area (Å²) in [7, 11) is 0. The predicted molar refractivity (Wildman–Crippen MR) is 115 cm³/mol. The summed E-state index contributed by atoms with van der Waals surface area (Å²) in [5.41, 5.74) is 7.20. The Labute approximate surface area is 198 Å². The maximum absolute atomic E-state index is 5.68. The van der Waals surface area contributed by atoms with Gasteiger partial charge in [-0.1, -0.05) is 0 Å². The molecule has 0 N–H and O–H groups in total. The van der Waals surface area contributed by atoms with Gasteiger partial charge >= 0.3 is 175 Å². The van der Waals surface area contributed by atoms with E-state index in [0.29, 0.717) is 5.92 Å². The Balaban J connectivity index is 0.00000128. The largest absolute Gasteiger partial charge is 1.00 e. The van der Waals surface area contributed by atoms with E-state index in [4.69, 9.17) is 4.42 Å². The maximum Gasteiger partial charge on any atom is -1.00 e. The minimum atomic E-state index is -2.14. The molecule has 0 saturated heterocycles. The zero-order valence-electron chi connectivity index (χ0n) is 17.4. The van der Waals surface area contributed by atoms with Crippen LogP contribution in [-0.2, 0) is 27.7 Å². The van der Waals surface area contributed by atoms with Gasteiger partial charge in [0.15, 0.2) is 0 Å². The van der Waals surface area contributed by atoms with Crippen LogP contribution in [0.1, 0.15) is 37.7 Å². The first-order valence-electron chi connectivity index (χ1n) is 9.99. The van der Waals surface area contributed by atoms with Crippen molar-refractivity contribution < 1.29 is 50.5 Å². The first-order chi connectivity index (χ1) is 13.6. The van der Waals surface area contributed by atoms with Gasteiger partial charge in [-0.15, -0.1) is 0 Å². The molecule has 0 radical (unpaired) electrons. The number of furan rings is 1. The van der Waals surface area contributed by atoms with Crippen molar-refractivity contribution in [3.63, 3.8) is 0 Å². The third kappa shape index (κ3) is 3.91. The summed E-state index contributed by atoms with van der Waals surface area (Å²) >= 11 is -2.14. The Kier molecular flexibility index (Phi) is 7.23. The van der Waals surface area contributed by atoms with E-state index < -0.39 is 21.3 Å². The Bertz CT molecular complexity index is 1170. The van der Waals surface area contributed by atoms with Gasteiger partial charge in [-0.25, -0.2) is 0 Å². The fourth-order valence-corrected chi connectivity index (χ4v) is 12.2. The van der Waals surface area contributed by atoms with Crippen molar-refractivity contribution in [1.82, 2.24) is 0 Å². The standard InChI is InChI=1S/C13H9.C10H9O.C3H6.2ClH.Zr/c1-3-7-12-10(5-1)9-11-6-2-4-8-13(11)12;1-8-4-5-9(7-8)10-3-2-6-11-10;1-3-2;;;/h1-5,7-8H,9H2;2-3,5-8H,1H3;1-2H3;2*1H;/q;;;;;+2/p-2. The summed E-state index contributed by atoms with van der Waals surface area (Å²) in [5.74, 6) is 1.48. The molecule has 0 bridgehead atoms. The van der Waals surface area contributed by atoms with E-state index in [0.717, 1.165) is 12.2 Å². The number of halogens is 2. The molecule has 0 saturated carbocycles. The quantitative estimate of drug-likeness (QED) is 0.373. The van der Waals surface area contributed by atoms with Crippen molar-refractivity contribution in [3.05, 3.63) is 93.2 Å². The number of hydrogen-bond donors (Lipinski definition) is 0. The minimum absolute atomic E-state index is 0. The van der Waals surface area contributed by atoms with Crippen LogP contribution < -0.4 is 28.1 Å². The second-order valence-corrected chi connectivity index (χ2v) is 15.1. The zero-order chi connectivity index (χ0) is 19.3. The molecule has 2 aliphatic carbocycles. The summed E-state index contributed by atoms with van der Waals surface area (Å²) in [6.45, 7) is 7.06. The number of rotatable bonds is 3. The molecule has 0 spiro atoms. The van der Waals surface area contributed by atoms with E-state index in [1.165, 1.54) is 22.3 Å². The van der Waals surface area contributed by atoms with Crippen LogP contribution in [0.2, 0.25) is 0 Å². The zero-order valence-corrected chi connectivity index (χ0v) is 21.3. The van der Waals surface area contributed by atoms with Gasteiger partial charge in [0.2, 0.25) is 0 Å². The molecule has 0 fully saturated rings. The van der Waals surface area contributed by atoms with Crippen molar-refractivity contribution >= 4 is 12.1 Å². The predicted octanol–water partition coefficient (Wildman–Crippen LogP) is -0.0683. The Morgan fingerprint density at radius 3 is 2.43 bits per heavy atom. The van der Waals surface area contributed by atoms with Gasteiger partial charge in [-0.3, -0.25) is 0 Å². The van der Waals surface area contributed by atoms with Crippen molar-refractivity contribution in [2.45, 2.75) is 27.2 Å². The topological polar surface area (TPSA) is 13.1 Å². The summed E-state index contributed by atoms with van der Waals surface area (Å²) in [6.07, 6.45) is 7.67. The fourth-order valence-electron chi connectivity index (χ4n) is 4.71. The molecule has 152 valence electrons. The van der Waals surface area contributed by atoms with Gasteiger partial charge in [0.25, 0.3) is 0 Å². The molecule has 2 aromatic carbocycles. The van der Waals surface area contributed by atoms with Gasteiger partial charge in [-0.2, -0.15) is 0 Å². The summed E-state index contributed by atoms with van der Waals surface area (Å²) in [6, 6.07) is 20.0. The van der Waals surface area contributed by atoms with E-state index >= 15 is 0 Å². The van der Waals surface area contributed by atoms with Crippen LogP contribution in [0, 0.1) is 5.92 Å². The third-order valence-electron chi connectivity index (χ3n) is 5.95. The summed E-state index contributed by atoms with van der Waals surface area (Å²) < 4.78 is 10.6. The molecule has 1 heterocycles. The van der Waals surface area contributed by atoms with Gasteiger partial charge in [-0.05, 0) is 0 Å². The molecule has 1 atom stereocenters. The van der Waals surface area contributed by atoms with E-state index in [2.05, 4.69) is 81.5 Å². The number of hydrogen-bond acceptors (Lipinski definition) is 1. The van der Waals surface area contributed by atoms with Crippen molar-refractivity contribution in [2.24, 2.45) is 5.92 Å². The minimum Gasteiger partial charge on any atom is -1.00 e. The monoisotopic (exact) mass is 512 g/mol. The van der Waals surface area contributed by atoms with Gasteiger partial charge in [0, 0.05) is 0 Å². The van der Waals surface area contributed by atoms with Crippen LogP contribution in [0.4, 0.5) is 0 Å². The van der Waals surface area contributed by atoms with Crippen molar-refractivity contribution in [3.8, 4) is 11.1 Å². The molecule has 4 heteroatoms. The molecular weight excluding hydrogens is 490 g/mol.